The van der Waals surface area contributed by atoms with Crippen molar-refractivity contribution in [2.24, 2.45) is 5.92 Å². The molecule has 7 heteroatoms. The lowest BCUT2D eigenvalue weighted by Gasteiger charge is -2.17. The van der Waals surface area contributed by atoms with Gasteiger partial charge in [0.2, 0.25) is 5.91 Å². The van der Waals surface area contributed by atoms with Gasteiger partial charge in [-0.05, 0) is 61.2 Å². The van der Waals surface area contributed by atoms with Crippen molar-refractivity contribution < 1.29 is 13.2 Å². The van der Waals surface area contributed by atoms with Gasteiger partial charge >= 0.3 is 0 Å². The maximum atomic E-state index is 12.5. The monoisotopic (exact) mass is 376 g/mol. The van der Waals surface area contributed by atoms with E-state index in [4.69, 9.17) is 11.6 Å². The summed E-state index contributed by atoms with van der Waals surface area (Å²) in [6.07, 6.45) is 2.69. The number of rotatable bonds is 4. The van der Waals surface area contributed by atoms with E-state index in [1.165, 1.54) is 12.1 Å². The molecule has 0 saturated heterocycles. The first-order valence-corrected chi connectivity index (χ1v) is 10.0. The molecule has 1 aliphatic carbocycles. The molecule has 2 aromatic carbocycles. The number of hydrogen-bond acceptors (Lipinski definition) is 3. The third-order valence-electron chi connectivity index (χ3n) is 4.53. The third kappa shape index (κ3) is 3.24. The fraction of sp³-hybridized carbons (Fsp3) is 0.278. The molecule has 0 atom stereocenters. The minimum Gasteiger partial charge on any atom is -0.312 e. The van der Waals surface area contributed by atoms with Crippen molar-refractivity contribution in [1.82, 2.24) is 0 Å². The van der Waals surface area contributed by atoms with Crippen molar-refractivity contribution in [1.29, 1.82) is 0 Å². The van der Waals surface area contributed by atoms with Crippen LogP contribution in [0, 0.1) is 5.92 Å². The highest BCUT2D eigenvalue weighted by Gasteiger charge is 2.36. The summed E-state index contributed by atoms with van der Waals surface area (Å²) in [4.78, 5) is 14.2. The highest BCUT2D eigenvalue weighted by Crippen LogP contribution is 2.37. The second-order valence-electron chi connectivity index (χ2n) is 6.42. The Hall–Kier alpha value is -2.05. The fourth-order valence-electron chi connectivity index (χ4n) is 3.09. The second-order valence-corrected chi connectivity index (χ2v) is 8.54. The second kappa shape index (κ2) is 6.04. The molecule has 0 aromatic heterocycles. The van der Waals surface area contributed by atoms with Gasteiger partial charge in [0.25, 0.3) is 10.0 Å². The van der Waals surface area contributed by atoms with Crippen molar-refractivity contribution in [2.45, 2.75) is 24.2 Å². The summed E-state index contributed by atoms with van der Waals surface area (Å²) in [7, 11) is -3.70. The van der Waals surface area contributed by atoms with Crippen LogP contribution in [0.5, 0.6) is 0 Å². The van der Waals surface area contributed by atoms with Crippen LogP contribution in [0.2, 0.25) is 5.02 Å². The molecule has 130 valence electrons. The molecule has 0 spiro atoms. The largest absolute Gasteiger partial charge is 0.312 e. The first kappa shape index (κ1) is 16.4. The number of sulfonamides is 1. The minimum absolute atomic E-state index is 0.117. The third-order valence-corrected chi connectivity index (χ3v) is 6.14. The molecule has 1 N–H and O–H groups in total. The molecule has 1 amide bonds. The van der Waals surface area contributed by atoms with Crippen molar-refractivity contribution in [3.05, 3.63) is 53.1 Å². The van der Waals surface area contributed by atoms with Crippen molar-refractivity contribution in [3.63, 3.8) is 0 Å². The van der Waals surface area contributed by atoms with E-state index in [9.17, 15) is 13.2 Å². The van der Waals surface area contributed by atoms with E-state index in [1.54, 1.807) is 24.3 Å². The number of benzene rings is 2. The molecule has 2 aromatic rings. The quantitative estimate of drug-likeness (QED) is 0.888. The predicted octanol–water partition coefficient (Wildman–Crippen LogP) is 3.44. The Morgan fingerprint density at radius 1 is 1.16 bits per heavy atom. The summed E-state index contributed by atoms with van der Waals surface area (Å²) in [6, 6.07) is 11.4. The zero-order chi connectivity index (χ0) is 17.6. The van der Waals surface area contributed by atoms with E-state index >= 15 is 0 Å². The number of carbonyl (C=O) groups is 1. The Labute approximate surface area is 151 Å². The van der Waals surface area contributed by atoms with Crippen molar-refractivity contribution >= 4 is 38.9 Å². The SMILES string of the molecule is O=C(C1CC1)N1CCc2cc(NS(=O)(=O)c3cccc(Cl)c3)ccc21. The molecule has 5 nitrogen and oxygen atoms in total. The minimum atomic E-state index is -3.70. The number of halogens is 1. The van der Waals surface area contributed by atoms with Gasteiger partial charge in [0.05, 0.1) is 4.90 Å². The Kier molecular flexibility index (Phi) is 3.96. The number of hydrogen-bond donors (Lipinski definition) is 1. The molecule has 1 aliphatic heterocycles. The van der Waals surface area contributed by atoms with E-state index in [2.05, 4.69) is 4.72 Å². The number of amides is 1. The normalized spacial score (nSPS) is 16.6. The maximum absolute atomic E-state index is 12.5. The van der Waals surface area contributed by atoms with Gasteiger partial charge < -0.3 is 4.90 Å². The Morgan fingerprint density at radius 3 is 2.68 bits per heavy atom. The van der Waals surface area contributed by atoms with Crippen LogP contribution in [-0.4, -0.2) is 20.9 Å². The van der Waals surface area contributed by atoms with Gasteiger partial charge in [0, 0.05) is 28.9 Å². The zero-order valence-corrected chi connectivity index (χ0v) is 15.0. The maximum Gasteiger partial charge on any atom is 0.261 e. The molecule has 2 aliphatic rings. The smallest absolute Gasteiger partial charge is 0.261 e. The molecule has 1 heterocycles. The van der Waals surface area contributed by atoms with Crippen LogP contribution in [0.15, 0.2) is 47.4 Å². The van der Waals surface area contributed by atoms with E-state index < -0.39 is 10.0 Å². The molecular formula is C18H17ClN2O3S. The summed E-state index contributed by atoms with van der Waals surface area (Å²) < 4.78 is 27.6. The first-order valence-electron chi connectivity index (χ1n) is 8.17. The molecule has 4 rings (SSSR count). The Balaban J connectivity index is 1.58. The average molecular weight is 377 g/mol. The average Bonchev–Trinajstić information content (AvgIpc) is 3.34. The number of nitrogens with one attached hydrogen (secondary N) is 1. The van der Waals surface area contributed by atoms with Crippen LogP contribution in [0.3, 0.4) is 0 Å². The lowest BCUT2D eigenvalue weighted by molar-refractivity contribution is -0.119. The summed E-state index contributed by atoms with van der Waals surface area (Å²) >= 11 is 5.88. The van der Waals surface area contributed by atoms with Crippen LogP contribution < -0.4 is 9.62 Å². The van der Waals surface area contributed by atoms with Gasteiger partial charge in [-0.2, -0.15) is 0 Å². The molecule has 1 saturated carbocycles. The van der Waals surface area contributed by atoms with Crippen molar-refractivity contribution in [3.8, 4) is 0 Å². The topological polar surface area (TPSA) is 66.5 Å². The molecule has 0 unspecified atom stereocenters. The molecule has 1 fully saturated rings. The first-order chi connectivity index (χ1) is 11.9. The molecule has 0 radical (unpaired) electrons. The van der Waals surface area contributed by atoms with Gasteiger partial charge in [-0.25, -0.2) is 8.42 Å². The van der Waals surface area contributed by atoms with Crippen LogP contribution >= 0.6 is 11.6 Å². The molecular weight excluding hydrogens is 360 g/mol. The lowest BCUT2D eigenvalue weighted by atomic mass is 10.1. The number of nitrogens with zero attached hydrogens (tertiary/aromatic N) is 1. The highest BCUT2D eigenvalue weighted by molar-refractivity contribution is 7.92. The molecule has 0 bridgehead atoms. The van der Waals surface area contributed by atoms with E-state index in [0.29, 0.717) is 17.3 Å². The Morgan fingerprint density at radius 2 is 1.96 bits per heavy atom. The number of carbonyl (C=O) groups excluding carboxylic acids is 1. The summed E-state index contributed by atoms with van der Waals surface area (Å²) in [5, 5.41) is 0.367. The van der Waals surface area contributed by atoms with E-state index in [-0.39, 0.29) is 16.7 Å². The van der Waals surface area contributed by atoms with Gasteiger partial charge in [-0.1, -0.05) is 17.7 Å². The van der Waals surface area contributed by atoms with E-state index in [0.717, 1.165) is 30.5 Å². The van der Waals surface area contributed by atoms with Gasteiger partial charge in [0.1, 0.15) is 0 Å². The van der Waals surface area contributed by atoms with Crippen LogP contribution in [-0.2, 0) is 21.2 Å². The van der Waals surface area contributed by atoms with Crippen LogP contribution in [0.4, 0.5) is 11.4 Å². The summed E-state index contributed by atoms with van der Waals surface area (Å²) in [5.41, 5.74) is 2.36. The predicted molar refractivity (Wildman–Crippen MR) is 97.5 cm³/mol. The van der Waals surface area contributed by atoms with Crippen LogP contribution in [0.1, 0.15) is 18.4 Å². The standard InChI is InChI=1S/C18H17ClN2O3S/c19-14-2-1-3-16(11-14)25(23,24)20-15-6-7-17-13(10-15)8-9-21(17)18(22)12-4-5-12/h1-3,6-7,10-12,20H,4-5,8-9H2. The molecule has 25 heavy (non-hydrogen) atoms. The summed E-state index contributed by atoms with van der Waals surface area (Å²) in [5.74, 6) is 0.359. The zero-order valence-electron chi connectivity index (χ0n) is 13.4. The van der Waals surface area contributed by atoms with Crippen LogP contribution in [0.25, 0.3) is 0 Å². The van der Waals surface area contributed by atoms with Gasteiger partial charge in [-0.3, -0.25) is 9.52 Å². The summed E-state index contributed by atoms with van der Waals surface area (Å²) in [6.45, 7) is 0.662. The fourth-order valence-corrected chi connectivity index (χ4v) is 4.44. The highest BCUT2D eigenvalue weighted by atomic mass is 35.5. The lowest BCUT2D eigenvalue weighted by Crippen LogP contribution is -2.30. The number of anilines is 2. The van der Waals surface area contributed by atoms with Crippen molar-refractivity contribution in [2.75, 3.05) is 16.2 Å². The Bertz CT molecular complexity index is 955. The van der Waals surface area contributed by atoms with E-state index in [1.807, 2.05) is 11.0 Å². The van der Waals surface area contributed by atoms with Gasteiger partial charge in [0.15, 0.2) is 0 Å². The van der Waals surface area contributed by atoms with Gasteiger partial charge in [-0.15, -0.1) is 0 Å². The number of fused-ring (bicyclic) bond motifs is 1.